The number of carboxylic acid groups (broad SMARTS) is 1. The van der Waals surface area contributed by atoms with Crippen molar-refractivity contribution in [2.45, 2.75) is 0 Å². The Hall–Kier alpha value is -1.69. The highest BCUT2D eigenvalue weighted by atomic mass is 32.2. The summed E-state index contributed by atoms with van der Waals surface area (Å²) in [5, 5.41) is 11.1. The van der Waals surface area contributed by atoms with Crippen molar-refractivity contribution < 1.29 is 14.7 Å². The maximum Gasteiger partial charge on any atom is 0.337 e. The van der Waals surface area contributed by atoms with E-state index in [1.165, 1.54) is 6.07 Å². The summed E-state index contributed by atoms with van der Waals surface area (Å²) in [4.78, 5) is 20.5. The van der Waals surface area contributed by atoms with Gasteiger partial charge < -0.3 is 16.2 Å². The van der Waals surface area contributed by atoms with Gasteiger partial charge in [-0.05, 0) is 12.1 Å². The van der Waals surface area contributed by atoms with Crippen LogP contribution < -0.4 is 11.1 Å². The molecule has 0 aliphatic carbocycles. The van der Waals surface area contributed by atoms with Crippen LogP contribution in [0.25, 0.3) is 0 Å². The van der Waals surface area contributed by atoms with Gasteiger partial charge in [0.1, 0.15) is 0 Å². The van der Waals surface area contributed by atoms with Crippen molar-refractivity contribution in [2.75, 3.05) is 17.4 Å². The van der Waals surface area contributed by atoms with Crippen LogP contribution in [-0.4, -0.2) is 28.6 Å². The van der Waals surface area contributed by atoms with E-state index in [1.54, 1.807) is 30.0 Å². The molecule has 0 bridgehead atoms. The van der Waals surface area contributed by atoms with Gasteiger partial charge in [0.05, 0.1) is 17.2 Å². The first-order chi connectivity index (χ1) is 7.61. The normalized spacial score (nSPS) is 13.6. The number of amides is 1. The molecule has 0 saturated carbocycles. The van der Waals surface area contributed by atoms with Gasteiger partial charge in [0.2, 0.25) is 5.91 Å². The number of thioether (sulfide) groups is 1. The maximum absolute atomic E-state index is 10.3. The number of nitrogen functional groups attached to an aromatic ring is 1. The van der Waals surface area contributed by atoms with E-state index in [9.17, 15) is 9.59 Å². The fraction of sp³-hybridized carbons (Fsp3) is 0.200. The Morgan fingerprint density at radius 1 is 1.44 bits per heavy atom. The van der Waals surface area contributed by atoms with Gasteiger partial charge in [-0.3, -0.25) is 4.79 Å². The van der Waals surface area contributed by atoms with Crippen molar-refractivity contribution in [1.29, 1.82) is 0 Å². The Kier molecular flexibility index (Phi) is 4.65. The zero-order chi connectivity index (χ0) is 12.0. The minimum Gasteiger partial charge on any atom is -0.478 e. The second kappa shape index (κ2) is 6.02. The van der Waals surface area contributed by atoms with E-state index < -0.39 is 5.97 Å². The molecule has 1 aromatic carbocycles. The van der Waals surface area contributed by atoms with Crippen LogP contribution in [0.1, 0.15) is 10.4 Å². The van der Waals surface area contributed by atoms with Crippen LogP contribution in [0, 0.1) is 0 Å². The third-order valence-electron chi connectivity index (χ3n) is 1.80. The molecule has 1 aliphatic rings. The van der Waals surface area contributed by atoms with E-state index in [0.29, 0.717) is 11.4 Å². The van der Waals surface area contributed by atoms with Crippen molar-refractivity contribution >= 4 is 29.3 Å². The second-order valence-corrected chi connectivity index (χ2v) is 3.97. The minimum atomic E-state index is -0.988. The highest BCUT2D eigenvalue weighted by Gasteiger charge is 2.06. The van der Waals surface area contributed by atoms with Gasteiger partial charge in [0.25, 0.3) is 0 Å². The van der Waals surface area contributed by atoms with E-state index in [4.69, 9.17) is 10.8 Å². The number of carboxylic acids is 1. The largest absolute Gasteiger partial charge is 0.478 e. The molecule has 0 unspecified atom stereocenters. The quantitative estimate of drug-likeness (QED) is 0.631. The fourth-order valence-corrected chi connectivity index (χ4v) is 1.67. The van der Waals surface area contributed by atoms with Crippen molar-refractivity contribution in [3.8, 4) is 0 Å². The van der Waals surface area contributed by atoms with Gasteiger partial charge in [-0.2, -0.15) is 0 Å². The molecule has 1 heterocycles. The summed E-state index contributed by atoms with van der Waals surface area (Å²) in [5.41, 5.74) is 5.80. The molecule has 86 valence electrons. The third kappa shape index (κ3) is 3.82. The molecule has 0 radical (unpaired) electrons. The highest BCUT2D eigenvalue weighted by molar-refractivity contribution is 8.00. The average molecular weight is 240 g/mol. The van der Waals surface area contributed by atoms with Gasteiger partial charge in [0, 0.05) is 5.69 Å². The van der Waals surface area contributed by atoms with Crippen LogP contribution in [0.4, 0.5) is 5.69 Å². The number of carbonyl (C=O) groups excluding carboxylic acids is 1. The first-order valence-corrected chi connectivity index (χ1v) is 5.69. The Balaban J connectivity index is 0.000000181. The lowest BCUT2D eigenvalue weighted by atomic mass is 10.2. The molecule has 0 aromatic heterocycles. The molecule has 1 fully saturated rings. The van der Waals surface area contributed by atoms with Crippen LogP contribution >= 0.6 is 11.8 Å². The van der Waals surface area contributed by atoms with Gasteiger partial charge >= 0.3 is 5.97 Å². The zero-order valence-corrected chi connectivity index (χ0v) is 9.29. The van der Waals surface area contributed by atoms with E-state index >= 15 is 0 Å². The van der Waals surface area contributed by atoms with E-state index in [2.05, 4.69) is 5.32 Å². The SMILES string of the molecule is Nc1ccccc1C(=O)O.O=C1CSCN1. The molecule has 1 amide bonds. The first-order valence-electron chi connectivity index (χ1n) is 4.53. The van der Waals surface area contributed by atoms with E-state index in [-0.39, 0.29) is 11.5 Å². The fourth-order valence-electron chi connectivity index (χ4n) is 1.02. The predicted molar refractivity (Wildman–Crippen MR) is 63.3 cm³/mol. The number of carbonyl (C=O) groups is 2. The standard InChI is InChI=1S/C7H7NO2.C3H5NOS/c8-6-4-2-1-3-5(6)7(9)10;5-3-1-6-2-4-3/h1-4H,8H2,(H,9,10);1-2H2,(H,4,5). The van der Waals surface area contributed by atoms with Gasteiger partial charge in [0.15, 0.2) is 0 Å². The minimum absolute atomic E-state index is 0.155. The van der Waals surface area contributed by atoms with Crippen molar-refractivity contribution in [3.05, 3.63) is 29.8 Å². The monoisotopic (exact) mass is 240 g/mol. The van der Waals surface area contributed by atoms with Crippen molar-refractivity contribution in [2.24, 2.45) is 0 Å². The lowest BCUT2D eigenvalue weighted by molar-refractivity contribution is -0.117. The lowest BCUT2D eigenvalue weighted by Crippen LogP contribution is -2.14. The average Bonchev–Trinajstić information content (AvgIpc) is 2.70. The molecular formula is C10H12N2O3S. The van der Waals surface area contributed by atoms with E-state index in [0.717, 1.165) is 5.88 Å². The van der Waals surface area contributed by atoms with E-state index in [1.807, 2.05) is 0 Å². The number of anilines is 1. The van der Waals surface area contributed by atoms with Gasteiger partial charge in [-0.1, -0.05) is 12.1 Å². The van der Waals surface area contributed by atoms with Crippen LogP contribution in [0.2, 0.25) is 0 Å². The predicted octanol–water partition coefficient (Wildman–Crippen LogP) is 0.774. The second-order valence-electron chi connectivity index (χ2n) is 2.99. The van der Waals surface area contributed by atoms with Gasteiger partial charge in [-0.25, -0.2) is 4.79 Å². The highest BCUT2D eigenvalue weighted by Crippen LogP contribution is 2.09. The molecule has 6 heteroatoms. The van der Waals surface area contributed by atoms with Crippen LogP contribution in [-0.2, 0) is 4.79 Å². The summed E-state index contributed by atoms with van der Waals surface area (Å²) >= 11 is 1.62. The van der Waals surface area contributed by atoms with Gasteiger partial charge in [-0.15, -0.1) is 11.8 Å². The smallest absolute Gasteiger partial charge is 0.337 e. The Morgan fingerprint density at radius 2 is 2.12 bits per heavy atom. The summed E-state index contributed by atoms with van der Waals surface area (Å²) in [5.74, 6) is 0.636. The Bertz CT molecular complexity index is 387. The summed E-state index contributed by atoms with van der Waals surface area (Å²) in [6.07, 6.45) is 0. The van der Waals surface area contributed by atoms with Crippen LogP contribution in [0.5, 0.6) is 0 Å². The number of aromatic carboxylic acids is 1. The summed E-state index contributed by atoms with van der Waals surface area (Å²) < 4.78 is 0. The number of benzene rings is 1. The molecule has 16 heavy (non-hydrogen) atoms. The van der Waals surface area contributed by atoms with Crippen molar-refractivity contribution in [3.63, 3.8) is 0 Å². The summed E-state index contributed by atoms with van der Waals surface area (Å²) in [7, 11) is 0. The van der Waals surface area contributed by atoms with Crippen molar-refractivity contribution in [1.82, 2.24) is 5.32 Å². The van der Waals surface area contributed by atoms with Crippen LogP contribution in [0.3, 0.4) is 0 Å². The molecule has 1 saturated heterocycles. The molecular weight excluding hydrogens is 228 g/mol. The molecule has 0 atom stereocenters. The molecule has 5 nitrogen and oxygen atoms in total. The number of hydrogen-bond acceptors (Lipinski definition) is 4. The molecule has 1 aromatic rings. The van der Waals surface area contributed by atoms with Crippen LogP contribution in [0.15, 0.2) is 24.3 Å². The molecule has 1 aliphatic heterocycles. The third-order valence-corrected chi connectivity index (χ3v) is 2.61. The maximum atomic E-state index is 10.3. The number of nitrogens with one attached hydrogen (secondary N) is 1. The molecule has 2 rings (SSSR count). The number of para-hydroxylation sites is 1. The molecule has 4 N–H and O–H groups in total. The number of rotatable bonds is 1. The topological polar surface area (TPSA) is 92.4 Å². The lowest BCUT2D eigenvalue weighted by Gasteiger charge is -1.96. The number of hydrogen-bond donors (Lipinski definition) is 3. The Morgan fingerprint density at radius 3 is 2.44 bits per heavy atom. The summed E-state index contributed by atoms with van der Waals surface area (Å²) in [6, 6.07) is 6.36. The Labute approximate surface area is 97.0 Å². The zero-order valence-electron chi connectivity index (χ0n) is 8.47. The first kappa shape index (κ1) is 12.4. The molecule has 0 spiro atoms. The summed E-state index contributed by atoms with van der Waals surface area (Å²) in [6.45, 7) is 0. The number of nitrogens with two attached hydrogens (primary N) is 1.